The molecular formula is C15H28N2O3. The van der Waals surface area contributed by atoms with Gasteiger partial charge in [0.15, 0.2) is 0 Å². The van der Waals surface area contributed by atoms with Gasteiger partial charge in [0, 0.05) is 6.54 Å². The molecule has 116 valence electrons. The number of carboxylic acids is 1. The summed E-state index contributed by atoms with van der Waals surface area (Å²) in [4.78, 5) is 23.0. The lowest BCUT2D eigenvalue weighted by atomic mass is 9.82. The Bertz CT molecular complexity index is 333. The molecule has 0 aromatic carbocycles. The number of nitrogens with one attached hydrogen (secondary N) is 2. The molecule has 3 N–H and O–H groups in total. The van der Waals surface area contributed by atoms with E-state index in [1.165, 1.54) is 12.8 Å². The van der Waals surface area contributed by atoms with Crippen LogP contribution in [0.5, 0.6) is 0 Å². The van der Waals surface area contributed by atoms with Gasteiger partial charge in [-0.3, -0.25) is 0 Å². The number of carboxylic acid groups (broad SMARTS) is 1. The predicted octanol–water partition coefficient (Wildman–Crippen LogP) is 2.61. The zero-order valence-electron chi connectivity index (χ0n) is 12.8. The smallest absolute Gasteiger partial charge is 0.326 e. The first kappa shape index (κ1) is 16.8. The molecule has 0 aromatic rings. The molecule has 4 atom stereocenters. The number of carbonyl (C=O) groups is 2. The third kappa shape index (κ3) is 5.39. The molecule has 0 saturated heterocycles. The molecule has 5 heteroatoms. The largest absolute Gasteiger partial charge is 0.480 e. The van der Waals surface area contributed by atoms with E-state index in [1.54, 1.807) is 0 Å². The van der Waals surface area contributed by atoms with Crippen molar-refractivity contribution >= 4 is 12.0 Å². The van der Waals surface area contributed by atoms with Gasteiger partial charge < -0.3 is 15.7 Å². The number of carbonyl (C=O) groups excluding carboxylic acids is 1. The molecule has 0 heterocycles. The van der Waals surface area contributed by atoms with Gasteiger partial charge in [-0.2, -0.15) is 0 Å². The Morgan fingerprint density at radius 1 is 1.35 bits per heavy atom. The van der Waals surface area contributed by atoms with Crippen LogP contribution < -0.4 is 10.6 Å². The van der Waals surface area contributed by atoms with Crippen molar-refractivity contribution in [1.82, 2.24) is 10.6 Å². The zero-order chi connectivity index (χ0) is 15.1. The summed E-state index contributed by atoms with van der Waals surface area (Å²) in [6, 6.07) is -1.18. The SMILES string of the molecule is CCC(C)[C@H](NC(=O)NCC1CCCC(C)C1)C(=O)O. The summed E-state index contributed by atoms with van der Waals surface area (Å²) in [7, 11) is 0. The van der Waals surface area contributed by atoms with Gasteiger partial charge >= 0.3 is 12.0 Å². The molecule has 0 aliphatic heterocycles. The number of aliphatic carboxylic acids is 1. The van der Waals surface area contributed by atoms with E-state index in [0.29, 0.717) is 12.5 Å². The minimum Gasteiger partial charge on any atom is -0.480 e. The molecule has 0 bridgehead atoms. The van der Waals surface area contributed by atoms with Crippen molar-refractivity contribution < 1.29 is 14.7 Å². The van der Waals surface area contributed by atoms with Crippen molar-refractivity contribution in [3.63, 3.8) is 0 Å². The van der Waals surface area contributed by atoms with E-state index in [-0.39, 0.29) is 11.9 Å². The molecule has 1 fully saturated rings. The highest BCUT2D eigenvalue weighted by Gasteiger charge is 2.26. The molecule has 1 aliphatic carbocycles. The fraction of sp³-hybridized carbons (Fsp3) is 0.867. The minimum absolute atomic E-state index is 0.0760. The molecule has 0 aromatic heterocycles. The molecule has 20 heavy (non-hydrogen) atoms. The molecule has 1 rings (SSSR count). The first-order valence-corrected chi connectivity index (χ1v) is 7.71. The van der Waals surface area contributed by atoms with Gasteiger partial charge in [0.25, 0.3) is 0 Å². The zero-order valence-corrected chi connectivity index (χ0v) is 12.8. The van der Waals surface area contributed by atoms with Crippen LogP contribution >= 0.6 is 0 Å². The normalized spacial score (nSPS) is 25.6. The van der Waals surface area contributed by atoms with Gasteiger partial charge in [0.05, 0.1) is 0 Å². The predicted molar refractivity (Wildman–Crippen MR) is 78.5 cm³/mol. The third-order valence-corrected chi connectivity index (χ3v) is 4.36. The van der Waals surface area contributed by atoms with E-state index in [2.05, 4.69) is 17.6 Å². The van der Waals surface area contributed by atoms with Gasteiger partial charge in [-0.1, -0.05) is 40.0 Å². The average Bonchev–Trinajstić information content (AvgIpc) is 2.41. The average molecular weight is 284 g/mol. The van der Waals surface area contributed by atoms with Gasteiger partial charge in [0.2, 0.25) is 0 Å². The number of amides is 2. The highest BCUT2D eigenvalue weighted by Crippen LogP contribution is 2.27. The summed E-state index contributed by atoms with van der Waals surface area (Å²) in [5.41, 5.74) is 0. The second-order valence-electron chi connectivity index (χ2n) is 6.19. The first-order chi connectivity index (χ1) is 9.43. The van der Waals surface area contributed by atoms with E-state index in [9.17, 15) is 9.59 Å². The number of urea groups is 1. The van der Waals surface area contributed by atoms with Crippen molar-refractivity contribution in [2.24, 2.45) is 17.8 Å². The molecule has 2 amide bonds. The van der Waals surface area contributed by atoms with Crippen LogP contribution in [0, 0.1) is 17.8 Å². The van der Waals surface area contributed by atoms with E-state index in [1.807, 2.05) is 13.8 Å². The van der Waals surface area contributed by atoms with Crippen LogP contribution in [0.4, 0.5) is 4.79 Å². The van der Waals surface area contributed by atoms with Gasteiger partial charge in [0.1, 0.15) is 6.04 Å². The van der Waals surface area contributed by atoms with E-state index in [0.717, 1.165) is 25.2 Å². The van der Waals surface area contributed by atoms with Crippen molar-refractivity contribution in [3.05, 3.63) is 0 Å². The molecule has 1 saturated carbocycles. The maximum atomic E-state index is 11.8. The maximum Gasteiger partial charge on any atom is 0.326 e. The van der Waals surface area contributed by atoms with Gasteiger partial charge in [-0.15, -0.1) is 0 Å². The first-order valence-electron chi connectivity index (χ1n) is 7.71. The van der Waals surface area contributed by atoms with Crippen LogP contribution in [-0.2, 0) is 4.79 Å². The summed E-state index contributed by atoms with van der Waals surface area (Å²) in [5.74, 6) is 0.204. The summed E-state index contributed by atoms with van der Waals surface area (Å²) in [6.45, 7) is 6.64. The molecule has 0 spiro atoms. The Morgan fingerprint density at radius 2 is 2.05 bits per heavy atom. The molecule has 0 radical (unpaired) electrons. The lowest BCUT2D eigenvalue weighted by molar-refractivity contribution is -0.140. The fourth-order valence-corrected chi connectivity index (χ4v) is 2.86. The molecule has 3 unspecified atom stereocenters. The molecule has 5 nitrogen and oxygen atoms in total. The van der Waals surface area contributed by atoms with Gasteiger partial charge in [-0.25, -0.2) is 9.59 Å². The summed E-state index contributed by atoms with van der Waals surface area (Å²) < 4.78 is 0. The summed E-state index contributed by atoms with van der Waals surface area (Å²) in [5, 5.41) is 14.5. The van der Waals surface area contributed by atoms with E-state index in [4.69, 9.17) is 5.11 Å². The third-order valence-electron chi connectivity index (χ3n) is 4.36. The van der Waals surface area contributed by atoms with E-state index >= 15 is 0 Å². The lowest BCUT2D eigenvalue weighted by Crippen LogP contribution is -2.50. The Balaban J connectivity index is 2.36. The Hall–Kier alpha value is -1.26. The van der Waals surface area contributed by atoms with Crippen molar-refractivity contribution in [3.8, 4) is 0 Å². The van der Waals surface area contributed by atoms with Crippen LogP contribution in [0.3, 0.4) is 0 Å². The molecular weight excluding hydrogens is 256 g/mol. The Morgan fingerprint density at radius 3 is 2.60 bits per heavy atom. The lowest BCUT2D eigenvalue weighted by Gasteiger charge is -2.27. The quantitative estimate of drug-likeness (QED) is 0.701. The van der Waals surface area contributed by atoms with Crippen LogP contribution in [0.1, 0.15) is 52.9 Å². The summed E-state index contributed by atoms with van der Waals surface area (Å²) >= 11 is 0. The van der Waals surface area contributed by atoms with Crippen LogP contribution in [-0.4, -0.2) is 29.7 Å². The van der Waals surface area contributed by atoms with Crippen LogP contribution in [0.2, 0.25) is 0 Å². The second-order valence-corrected chi connectivity index (χ2v) is 6.19. The number of hydrogen-bond acceptors (Lipinski definition) is 2. The number of hydrogen-bond donors (Lipinski definition) is 3. The van der Waals surface area contributed by atoms with Crippen molar-refractivity contribution in [2.75, 3.05) is 6.54 Å². The molecule has 1 aliphatic rings. The maximum absolute atomic E-state index is 11.8. The Labute approximate surface area is 121 Å². The van der Waals surface area contributed by atoms with Crippen molar-refractivity contribution in [1.29, 1.82) is 0 Å². The van der Waals surface area contributed by atoms with Crippen molar-refractivity contribution in [2.45, 2.75) is 58.9 Å². The fourth-order valence-electron chi connectivity index (χ4n) is 2.86. The van der Waals surface area contributed by atoms with Crippen LogP contribution in [0.25, 0.3) is 0 Å². The van der Waals surface area contributed by atoms with Crippen LogP contribution in [0.15, 0.2) is 0 Å². The van der Waals surface area contributed by atoms with Gasteiger partial charge in [-0.05, 0) is 30.6 Å². The number of rotatable bonds is 6. The summed E-state index contributed by atoms with van der Waals surface area (Å²) in [6.07, 6.45) is 5.52. The topological polar surface area (TPSA) is 78.4 Å². The van der Waals surface area contributed by atoms with E-state index < -0.39 is 12.0 Å². The minimum atomic E-state index is -0.971. The standard InChI is InChI=1S/C15H28N2O3/c1-4-11(3)13(14(18)19)17-15(20)16-9-12-7-5-6-10(2)8-12/h10-13H,4-9H2,1-3H3,(H,18,19)(H2,16,17,20)/t10?,11?,12?,13-/m0/s1. The highest BCUT2D eigenvalue weighted by molar-refractivity contribution is 5.82. The Kier molecular flexibility index (Phi) is 6.82. The second kappa shape index (κ2) is 8.12. The monoisotopic (exact) mass is 284 g/mol. The highest BCUT2D eigenvalue weighted by atomic mass is 16.4.